The standard InChI is InChI=1S/C62H38N2S4/c1-7-23-51-41(15-1)61-43(17-13-29-57(61)65-51)59-39-33-31-38(64-49-21-5-11-27-55(49)68-56-28-12-6-22-50(56)64)36-46(39)60(44-18-14-30-58-62(44)42-16-2-8-24-52(42)66-58)40-34-32-37(35-45(40)59)63-47-19-3-9-25-53(47)67-54-26-10-4-20-48(54)63/h1-13,15-17,19-36H,14,18H2. The molecule has 0 N–H and O–H groups in total. The first-order valence-corrected chi connectivity index (χ1v) is 26.5. The van der Waals surface area contributed by atoms with Gasteiger partial charge in [0.2, 0.25) is 0 Å². The van der Waals surface area contributed by atoms with E-state index in [0.717, 1.165) is 24.2 Å². The molecule has 0 spiro atoms. The van der Waals surface area contributed by atoms with Gasteiger partial charge in [-0.2, -0.15) is 0 Å². The molecule has 0 amide bonds. The molecule has 2 aromatic heterocycles. The Kier molecular flexibility index (Phi) is 8.73. The van der Waals surface area contributed by atoms with Crippen LogP contribution < -0.4 is 19.6 Å². The van der Waals surface area contributed by atoms with Gasteiger partial charge in [0.1, 0.15) is 0 Å². The Morgan fingerprint density at radius 1 is 0.368 bits per heavy atom. The van der Waals surface area contributed by atoms with Gasteiger partial charge in [0.15, 0.2) is 0 Å². The number of hydrogen-bond donors (Lipinski definition) is 0. The summed E-state index contributed by atoms with van der Waals surface area (Å²) in [5.41, 5.74) is 12.5. The first kappa shape index (κ1) is 39.0. The van der Waals surface area contributed by atoms with E-state index in [1.165, 1.54) is 126 Å². The molecular weight excluding hydrogens is 901 g/mol. The van der Waals surface area contributed by atoms with Crippen LogP contribution in [0.2, 0.25) is 0 Å². The summed E-state index contributed by atoms with van der Waals surface area (Å²) in [7, 11) is 0. The molecule has 12 aromatic rings. The lowest BCUT2D eigenvalue weighted by molar-refractivity contribution is 1.09. The van der Waals surface area contributed by atoms with Crippen molar-refractivity contribution >= 4 is 144 Å². The summed E-state index contributed by atoms with van der Waals surface area (Å²) in [4.78, 5) is 10.0. The fourth-order valence-corrected chi connectivity index (χ4v) is 15.7. The van der Waals surface area contributed by atoms with Crippen molar-refractivity contribution in [3.8, 4) is 11.1 Å². The molecule has 0 fully saturated rings. The number of para-hydroxylation sites is 4. The number of benzene rings is 10. The molecule has 0 atom stereocenters. The lowest BCUT2D eigenvalue weighted by Crippen LogP contribution is -2.25. The fraction of sp³-hybridized carbons (Fsp3) is 0.0323. The maximum Gasteiger partial charge on any atom is 0.0601 e. The molecule has 2 nitrogen and oxygen atoms in total. The van der Waals surface area contributed by atoms with Gasteiger partial charge in [-0.25, -0.2) is 0 Å². The molecule has 4 heterocycles. The van der Waals surface area contributed by atoms with Crippen molar-refractivity contribution in [1.29, 1.82) is 0 Å². The summed E-state index contributed by atoms with van der Waals surface area (Å²) in [5, 5.41) is 10.5. The van der Waals surface area contributed by atoms with Crippen LogP contribution in [0.25, 0.3) is 74.6 Å². The number of fused-ring (bicyclic) bond motifs is 12. The van der Waals surface area contributed by atoms with E-state index in [9.17, 15) is 0 Å². The average molecular weight is 939 g/mol. The summed E-state index contributed by atoms with van der Waals surface area (Å²) in [6, 6.07) is 75.3. The summed E-state index contributed by atoms with van der Waals surface area (Å²) >= 11 is 7.55. The highest BCUT2D eigenvalue weighted by Gasteiger charge is 2.30. The second-order valence-corrected chi connectivity index (χ2v) is 22.1. The molecule has 10 aromatic carbocycles. The van der Waals surface area contributed by atoms with Crippen LogP contribution in [-0.2, 0) is 0 Å². The highest BCUT2D eigenvalue weighted by atomic mass is 32.2. The molecular formula is C62H38N2S4. The Labute approximate surface area is 409 Å². The molecule has 0 saturated carbocycles. The van der Waals surface area contributed by atoms with Gasteiger partial charge < -0.3 is 9.80 Å². The molecule has 15 rings (SSSR count). The zero-order valence-corrected chi connectivity index (χ0v) is 39.8. The van der Waals surface area contributed by atoms with Crippen molar-refractivity contribution in [2.45, 2.75) is 32.4 Å². The minimum absolute atomic E-state index is 0.962. The van der Waals surface area contributed by atoms with Crippen LogP contribution in [0.4, 0.5) is 34.1 Å². The predicted octanol–water partition coefficient (Wildman–Crippen LogP) is 17.9. The second kappa shape index (κ2) is 15.2. The normalized spacial score (nSPS) is 14.0. The van der Waals surface area contributed by atoms with E-state index in [1.807, 2.05) is 46.2 Å². The van der Waals surface area contributed by atoms with Crippen LogP contribution in [0.1, 0.15) is 18.4 Å². The minimum Gasteiger partial charge on any atom is -0.308 e. The molecule has 0 unspecified atom stereocenters. The van der Waals surface area contributed by atoms with Crippen LogP contribution >= 0.6 is 46.2 Å². The first-order chi connectivity index (χ1) is 33.7. The number of rotatable bonds is 4. The van der Waals surface area contributed by atoms with Crippen molar-refractivity contribution in [1.82, 2.24) is 0 Å². The summed E-state index contributed by atoms with van der Waals surface area (Å²) in [6.45, 7) is 0. The van der Waals surface area contributed by atoms with E-state index in [-0.39, 0.29) is 0 Å². The zero-order valence-electron chi connectivity index (χ0n) is 36.6. The van der Waals surface area contributed by atoms with E-state index in [0.29, 0.717) is 0 Å². The van der Waals surface area contributed by atoms with Crippen LogP contribution in [0.5, 0.6) is 0 Å². The third-order valence-electron chi connectivity index (χ3n) is 14.1. The van der Waals surface area contributed by atoms with Gasteiger partial charge in [0, 0.05) is 71.0 Å². The molecule has 68 heavy (non-hydrogen) atoms. The second-order valence-electron chi connectivity index (χ2n) is 17.8. The summed E-state index contributed by atoms with van der Waals surface area (Å²) in [6.07, 6.45) is 4.45. The quantitative estimate of drug-likeness (QED) is 0.162. The van der Waals surface area contributed by atoms with E-state index >= 15 is 0 Å². The third-order valence-corrected chi connectivity index (χ3v) is 18.6. The first-order valence-electron chi connectivity index (χ1n) is 23.2. The van der Waals surface area contributed by atoms with Gasteiger partial charge >= 0.3 is 0 Å². The van der Waals surface area contributed by atoms with Crippen molar-refractivity contribution in [2.24, 2.45) is 0 Å². The van der Waals surface area contributed by atoms with Crippen molar-refractivity contribution in [3.05, 3.63) is 216 Å². The van der Waals surface area contributed by atoms with Crippen LogP contribution in [0, 0.1) is 0 Å². The predicted molar refractivity (Wildman–Crippen MR) is 295 cm³/mol. The van der Waals surface area contributed by atoms with Gasteiger partial charge in [0.25, 0.3) is 0 Å². The average Bonchev–Trinajstić information content (AvgIpc) is 3.98. The Hall–Kier alpha value is -7.06. The molecule has 0 bridgehead atoms. The van der Waals surface area contributed by atoms with Crippen molar-refractivity contribution in [2.75, 3.05) is 9.80 Å². The largest absolute Gasteiger partial charge is 0.308 e. The lowest BCUT2D eigenvalue weighted by Gasteiger charge is -2.34. The van der Waals surface area contributed by atoms with E-state index in [2.05, 4.69) is 216 Å². The molecule has 1 aliphatic carbocycles. The van der Waals surface area contributed by atoms with Crippen LogP contribution in [0.3, 0.4) is 0 Å². The lowest BCUT2D eigenvalue weighted by atomic mass is 9.82. The third kappa shape index (κ3) is 5.79. The molecule has 6 heteroatoms. The van der Waals surface area contributed by atoms with Crippen LogP contribution in [-0.4, -0.2) is 0 Å². The minimum atomic E-state index is 0.962. The number of thiophene rings is 2. The van der Waals surface area contributed by atoms with Gasteiger partial charge in [-0.1, -0.05) is 139 Å². The van der Waals surface area contributed by atoms with E-state index in [4.69, 9.17) is 0 Å². The van der Waals surface area contributed by atoms with Gasteiger partial charge in [0.05, 0.1) is 22.7 Å². The number of nitrogens with zero attached hydrogens (tertiary/aromatic N) is 2. The van der Waals surface area contributed by atoms with E-state index in [1.54, 1.807) is 0 Å². The maximum atomic E-state index is 2.53. The Morgan fingerprint density at radius 2 is 0.853 bits per heavy atom. The van der Waals surface area contributed by atoms with Gasteiger partial charge in [-0.05, 0) is 148 Å². The summed E-state index contributed by atoms with van der Waals surface area (Å²) in [5.74, 6) is 0. The molecule has 2 aliphatic heterocycles. The van der Waals surface area contributed by atoms with E-state index < -0.39 is 0 Å². The molecule has 320 valence electrons. The monoisotopic (exact) mass is 938 g/mol. The zero-order chi connectivity index (χ0) is 44.5. The Balaban J connectivity index is 1.12. The van der Waals surface area contributed by atoms with Crippen molar-refractivity contribution < 1.29 is 0 Å². The highest BCUT2D eigenvalue weighted by molar-refractivity contribution is 8.00. The van der Waals surface area contributed by atoms with Gasteiger partial charge in [-0.3, -0.25) is 0 Å². The van der Waals surface area contributed by atoms with Crippen LogP contribution in [0.15, 0.2) is 220 Å². The molecule has 3 aliphatic rings. The smallest absolute Gasteiger partial charge is 0.0601 e. The SMILES string of the molecule is C1=c2sc3ccccc3c2=C(c2c3cc(N4c5ccccc5Sc5ccccc54)ccc3c(-c3cccc4sc5ccccc5c34)c3cc(N4c5ccccc5Sc5ccccc54)ccc23)CC1. The maximum absolute atomic E-state index is 2.53. The Morgan fingerprint density at radius 3 is 1.46 bits per heavy atom. The number of hydrogen-bond acceptors (Lipinski definition) is 6. The fourth-order valence-electron chi connectivity index (χ4n) is 11.3. The van der Waals surface area contributed by atoms with Gasteiger partial charge in [-0.15, -0.1) is 22.7 Å². The topological polar surface area (TPSA) is 6.48 Å². The number of anilines is 6. The highest BCUT2D eigenvalue weighted by Crippen LogP contribution is 2.56. The summed E-state index contributed by atoms with van der Waals surface area (Å²) < 4.78 is 5.35. The molecule has 0 saturated heterocycles. The van der Waals surface area contributed by atoms with Crippen molar-refractivity contribution in [3.63, 3.8) is 0 Å². The Bertz CT molecular complexity index is 4160. The molecule has 0 radical (unpaired) electrons.